The Labute approximate surface area is 207 Å². The van der Waals surface area contributed by atoms with E-state index in [2.05, 4.69) is 4.72 Å². The lowest BCUT2D eigenvalue weighted by Crippen LogP contribution is -2.38. The number of nitrogens with one attached hydrogen (secondary N) is 1. The Morgan fingerprint density at radius 1 is 0.774 bits per heavy atom. The molecular formula is C22H18Cl5NO2S. The second kappa shape index (κ2) is 10.3. The van der Waals surface area contributed by atoms with Crippen molar-refractivity contribution < 1.29 is 8.42 Å². The van der Waals surface area contributed by atoms with E-state index in [1.165, 1.54) is 12.1 Å². The molecule has 0 radical (unpaired) electrons. The summed E-state index contributed by atoms with van der Waals surface area (Å²) in [6, 6.07) is 17.0. The minimum atomic E-state index is -3.96. The van der Waals surface area contributed by atoms with Gasteiger partial charge in [-0.2, -0.15) is 0 Å². The Bertz CT molecular complexity index is 1170. The van der Waals surface area contributed by atoms with Gasteiger partial charge < -0.3 is 0 Å². The summed E-state index contributed by atoms with van der Waals surface area (Å²) < 4.78 is 28.9. The van der Waals surface area contributed by atoms with Crippen molar-refractivity contribution in [3.05, 3.63) is 96.9 Å². The molecule has 31 heavy (non-hydrogen) atoms. The van der Waals surface area contributed by atoms with E-state index in [1.54, 1.807) is 31.2 Å². The monoisotopic (exact) mass is 535 g/mol. The molecule has 0 spiro atoms. The lowest BCUT2D eigenvalue weighted by atomic mass is 9.87. The SMILES string of the molecule is CC(NS(=O)(=O)c1ccc(Cl)c(Cl)c1Cl)C(Cc1ccc(Cl)cc1)c1ccc(Cl)cc1. The van der Waals surface area contributed by atoms with Gasteiger partial charge in [-0.25, -0.2) is 13.1 Å². The van der Waals surface area contributed by atoms with Gasteiger partial charge in [-0.05, 0) is 60.9 Å². The molecule has 2 atom stereocenters. The number of benzene rings is 3. The fourth-order valence-corrected chi connectivity index (χ4v) is 5.79. The summed E-state index contributed by atoms with van der Waals surface area (Å²) in [5.74, 6) is -0.185. The molecule has 0 aliphatic heterocycles. The summed E-state index contributed by atoms with van der Waals surface area (Å²) in [6.45, 7) is 1.80. The molecule has 3 nitrogen and oxygen atoms in total. The quantitative estimate of drug-likeness (QED) is 0.315. The number of sulfonamides is 1. The van der Waals surface area contributed by atoms with Crippen LogP contribution in [-0.4, -0.2) is 14.5 Å². The van der Waals surface area contributed by atoms with Gasteiger partial charge in [0.2, 0.25) is 10.0 Å². The fraction of sp³-hybridized carbons (Fsp3) is 0.182. The van der Waals surface area contributed by atoms with Gasteiger partial charge in [0.15, 0.2) is 0 Å². The molecule has 2 unspecified atom stereocenters. The topological polar surface area (TPSA) is 46.2 Å². The zero-order chi connectivity index (χ0) is 22.8. The van der Waals surface area contributed by atoms with Crippen molar-refractivity contribution in [2.75, 3.05) is 0 Å². The second-order valence-electron chi connectivity index (χ2n) is 7.07. The van der Waals surface area contributed by atoms with Crippen molar-refractivity contribution >= 4 is 68.0 Å². The molecule has 0 aliphatic rings. The average Bonchev–Trinajstić information content (AvgIpc) is 2.72. The van der Waals surface area contributed by atoms with Crippen molar-refractivity contribution in [2.45, 2.75) is 30.2 Å². The lowest BCUT2D eigenvalue weighted by Gasteiger charge is -2.26. The standard InChI is InChI=1S/C22H18Cl5NO2S/c1-13(28-31(29,30)20-11-10-19(25)21(26)22(20)27)18(15-4-8-17(24)9-5-15)12-14-2-6-16(23)7-3-14/h2-11,13,18,28H,12H2,1H3. The van der Waals surface area contributed by atoms with Gasteiger partial charge in [0.25, 0.3) is 0 Å². The highest BCUT2D eigenvalue weighted by molar-refractivity contribution is 7.89. The number of halogens is 5. The maximum absolute atomic E-state index is 13.1. The Morgan fingerprint density at radius 3 is 1.90 bits per heavy atom. The highest BCUT2D eigenvalue weighted by Gasteiger charge is 2.28. The minimum absolute atomic E-state index is 0.00530. The van der Waals surface area contributed by atoms with Crippen LogP contribution in [0.15, 0.2) is 65.6 Å². The summed E-state index contributed by atoms with van der Waals surface area (Å²) in [7, 11) is -3.96. The maximum Gasteiger partial charge on any atom is 0.242 e. The predicted octanol–water partition coefficient (Wildman–Crippen LogP) is 7.65. The molecule has 0 saturated heterocycles. The fourth-order valence-electron chi connectivity index (χ4n) is 3.27. The van der Waals surface area contributed by atoms with Gasteiger partial charge in [-0.1, -0.05) is 82.3 Å². The van der Waals surface area contributed by atoms with Crippen LogP contribution in [0.3, 0.4) is 0 Å². The molecule has 164 valence electrons. The Hall–Kier alpha value is -0.980. The number of hydrogen-bond acceptors (Lipinski definition) is 2. The largest absolute Gasteiger partial charge is 0.242 e. The Balaban J connectivity index is 1.93. The molecule has 0 saturated carbocycles. The zero-order valence-electron chi connectivity index (χ0n) is 16.2. The molecule has 0 fully saturated rings. The van der Waals surface area contributed by atoms with Gasteiger partial charge in [-0.3, -0.25) is 0 Å². The van der Waals surface area contributed by atoms with E-state index in [-0.39, 0.29) is 25.9 Å². The van der Waals surface area contributed by atoms with E-state index in [9.17, 15) is 8.42 Å². The van der Waals surface area contributed by atoms with Crippen LogP contribution < -0.4 is 4.72 Å². The van der Waals surface area contributed by atoms with Crippen LogP contribution in [0, 0.1) is 0 Å². The third-order valence-corrected chi connectivity index (χ3v) is 8.41. The molecule has 0 aromatic heterocycles. The smallest absolute Gasteiger partial charge is 0.208 e. The van der Waals surface area contributed by atoms with Gasteiger partial charge in [0.05, 0.1) is 15.1 Å². The van der Waals surface area contributed by atoms with Crippen molar-refractivity contribution in [1.29, 1.82) is 0 Å². The summed E-state index contributed by atoms with van der Waals surface area (Å²) in [6.07, 6.45) is 0.581. The normalized spacial score (nSPS) is 13.7. The molecule has 3 aromatic carbocycles. The van der Waals surface area contributed by atoms with E-state index in [1.807, 2.05) is 24.3 Å². The van der Waals surface area contributed by atoms with E-state index in [0.29, 0.717) is 16.5 Å². The average molecular weight is 538 g/mol. The van der Waals surface area contributed by atoms with Crippen LogP contribution in [0.4, 0.5) is 0 Å². The summed E-state index contributed by atoms with van der Waals surface area (Å²) in [5, 5.41) is 1.30. The minimum Gasteiger partial charge on any atom is -0.208 e. The molecule has 0 heterocycles. The van der Waals surface area contributed by atoms with Gasteiger partial charge in [-0.15, -0.1) is 0 Å². The van der Waals surface area contributed by atoms with Crippen LogP contribution in [0.5, 0.6) is 0 Å². The van der Waals surface area contributed by atoms with Gasteiger partial charge >= 0.3 is 0 Å². The molecule has 3 aromatic rings. The van der Waals surface area contributed by atoms with Crippen LogP contribution in [0.2, 0.25) is 25.1 Å². The third kappa shape index (κ3) is 6.08. The van der Waals surface area contributed by atoms with Gasteiger partial charge in [0.1, 0.15) is 4.90 Å². The van der Waals surface area contributed by atoms with Crippen LogP contribution >= 0.6 is 58.0 Å². The summed E-state index contributed by atoms with van der Waals surface area (Å²) in [5.41, 5.74) is 1.96. The zero-order valence-corrected chi connectivity index (χ0v) is 20.8. The van der Waals surface area contributed by atoms with Crippen molar-refractivity contribution in [3.8, 4) is 0 Å². The number of hydrogen-bond donors (Lipinski definition) is 1. The van der Waals surface area contributed by atoms with Crippen molar-refractivity contribution in [3.63, 3.8) is 0 Å². The first-order chi connectivity index (χ1) is 14.6. The molecular weight excluding hydrogens is 520 g/mol. The first kappa shape index (κ1) is 24.7. The first-order valence-electron chi connectivity index (χ1n) is 9.24. The maximum atomic E-state index is 13.1. The predicted molar refractivity (Wildman–Crippen MR) is 131 cm³/mol. The molecule has 1 N–H and O–H groups in total. The Kier molecular flexibility index (Phi) is 8.20. The highest BCUT2D eigenvalue weighted by atomic mass is 35.5. The molecule has 0 aliphatic carbocycles. The van der Waals surface area contributed by atoms with E-state index >= 15 is 0 Å². The van der Waals surface area contributed by atoms with Crippen molar-refractivity contribution in [1.82, 2.24) is 4.72 Å². The van der Waals surface area contributed by atoms with E-state index < -0.39 is 16.1 Å². The van der Waals surface area contributed by atoms with E-state index in [4.69, 9.17) is 58.0 Å². The summed E-state index contributed by atoms with van der Waals surface area (Å²) in [4.78, 5) is -0.128. The molecule has 0 bridgehead atoms. The first-order valence-corrected chi connectivity index (χ1v) is 12.6. The van der Waals surface area contributed by atoms with E-state index in [0.717, 1.165) is 11.1 Å². The van der Waals surface area contributed by atoms with Crippen LogP contribution in [-0.2, 0) is 16.4 Å². The molecule has 0 amide bonds. The Morgan fingerprint density at radius 2 is 1.32 bits per heavy atom. The third-order valence-electron chi connectivity index (χ3n) is 4.90. The lowest BCUT2D eigenvalue weighted by molar-refractivity contribution is 0.503. The van der Waals surface area contributed by atoms with Crippen LogP contribution in [0.25, 0.3) is 0 Å². The second-order valence-corrected chi connectivity index (χ2v) is 10.8. The van der Waals surface area contributed by atoms with Crippen molar-refractivity contribution in [2.24, 2.45) is 0 Å². The highest BCUT2D eigenvalue weighted by Crippen LogP contribution is 2.35. The number of rotatable bonds is 7. The molecule has 9 heteroatoms. The summed E-state index contributed by atoms with van der Waals surface area (Å²) >= 11 is 30.2. The molecule has 3 rings (SSSR count). The van der Waals surface area contributed by atoms with Gasteiger partial charge in [0, 0.05) is 22.0 Å². The van der Waals surface area contributed by atoms with Crippen LogP contribution in [0.1, 0.15) is 24.0 Å².